The molecular weight excluding hydrogens is 222 g/mol. The molecule has 0 aliphatic rings. The Morgan fingerprint density at radius 2 is 2.00 bits per heavy atom. The first-order valence-electron chi connectivity index (χ1n) is 5.82. The molecule has 0 aromatic carbocycles. The van der Waals surface area contributed by atoms with Crippen LogP contribution in [0.25, 0.3) is 0 Å². The van der Waals surface area contributed by atoms with Crippen LogP contribution in [-0.4, -0.2) is 55.2 Å². The van der Waals surface area contributed by atoms with Gasteiger partial charge < -0.3 is 20.6 Å². The summed E-state index contributed by atoms with van der Waals surface area (Å²) >= 11 is 0. The first-order valence-corrected chi connectivity index (χ1v) is 5.82. The Labute approximate surface area is 102 Å². The number of carboxylic acid groups (broad SMARTS) is 1. The normalized spacial score (nSPS) is 12.2. The standard InChI is InChI=1S/C11H23N3O3/c1-9(6-8-14(2)3)13-11(17)12-7-4-5-10(15)16/h9H,4-8H2,1-3H3,(H,15,16)(H2,12,13,17). The number of amides is 2. The predicted molar refractivity (Wildman–Crippen MR) is 66.0 cm³/mol. The maximum atomic E-state index is 11.4. The van der Waals surface area contributed by atoms with Crippen LogP contribution < -0.4 is 10.6 Å². The van der Waals surface area contributed by atoms with E-state index in [0.717, 1.165) is 13.0 Å². The molecule has 17 heavy (non-hydrogen) atoms. The third kappa shape index (κ3) is 11.0. The molecule has 0 saturated carbocycles. The number of nitrogens with one attached hydrogen (secondary N) is 2. The van der Waals surface area contributed by atoms with Crippen molar-refractivity contribution < 1.29 is 14.7 Å². The van der Waals surface area contributed by atoms with E-state index < -0.39 is 5.97 Å². The van der Waals surface area contributed by atoms with E-state index in [4.69, 9.17) is 5.11 Å². The summed E-state index contributed by atoms with van der Waals surface area (Å²) in [6.07, 6.45) is 1.42. The summed E-state index contributed by atoms with van der Waals surface area (Å²) < 4.78 is 0. The molecule has 0 aliphatic carbocycles. The van der Waals surface area contributed by atoms with Crippen molar-refractivity contribution >= 4 is 12.0 Å². The molecule has 0 radical (unpaired) electrons. The molecule has 1 unspecified atom stereocenters. The number of nitrogens with zero attached hydrogens (tertiary/aromatic N) is 1. The van der Waals surface area contributed by atoms with Crippen molar-refractivity contribution in [3.05, 3.63) is 0 Å². The van der Waals surface area contributed by atoms with Gasteiger partial charge in [-0.05, 0) is 40.4 Å². The first-order chi connectivity index (χ1) is 7.91. The van der Waals surface area contributed by atoms with Gasteiger partial charge in [-0.25, -0.2) is 4.79 Å². The lowest BCUT2D eigenvalue weighted by atomic mass is 10.2. The van der Waals surface area contributed by atoms with Crippen molar-refractivity contribution in [3.63, 3.8) is 0 Å². The second-order valence-electron chi connectivity index (χ2n) is 4.39. The highest BCUT2D eigenvalue weighted by Crippen LogP contribution is 1.92. The Hall–Kier alpha value is -1.30. The van der Waals surface area contributed by atoms with Gasteiger partial charge in [0.15, 0.2) is 0 Å². The molecule has 0 spiro atoms. The van der Waals surface area contributed by atoms with Crippen LogP contribution >= 0.6 is 0 Å². The number of carboxylic acids is 1. The Morgan fingerprint density at radius 3 is 2.53 bits per heavy atom. The van der Waals surface area contributed by atoms with Crippen LogP contribution in [-0.2, 0) is 4.79 Å². The van der Waals surface area contributed by atoms with Gasteiger partial charge in [0.25, 0.3) is 0 Å². The largest absolute Gasteiger partial charge is 0.481 e. The van der Waals surface area contributed by atoms with Gasteiger partial charge in [0.05, 0.1) is 0 Å². The smallest absolute Gasteiger partial charge is 0.314 e. The van der Waals surface area contributed by atoms with E-state index in [1.54, 1.807) is 0 Å². The van der Waals surface area contributed by atoms with E-state index in [-0.39, 0.29) is 18.5 Å². The Kier molecular flexibility index (Phi) is 8.13. The molecule has 1 atom stereocenters. The quantitative estimate of drug-likeness (QED) is 0.544. The van der Waals surface area contributed by atoms with E-state index in [1.807, 2.05) is 21.0 Å². The number of carbonyl (C=O) groups is 2. The summed E-state index contributed by atoms with van der Waals surface area (Å²) in [5.74, 6) is -0.841. The second kappa shape index (κ2) is 8.81. The minimum atomic E-state index is -0.841. The number of carbonyl (C=O) groups excluding carboxylic acids is 1. The number of aliphatic carboxylic acids is 1. The number of hydrogen-bond donors (Lipinski definition) is 3. The Bertz CT molecular complexity index is 244. The first kappa shape index (κ1) is 15.7. The summed E-state index contributed by atoms with van der Waals surface area (Å²) in [5.41, 5.74) is 0. The van der Waals surface area contributed by atoms with Crippen LogP contribution in [0.15, 0.2) is 0 Å². The highest BCUT2D eigenvalue weighted by atomic mass is 16.4. The van der Waals surface area contributed by atoms with Gasteiger partial charge in [-0.2, -0.15) is 0 Å². The molecule has 6 nitrogen and oxygen atoms in total. The highest BCUT2D eigenvalue weighted by molar-refractivity contribution is 5.74. The fraction of sp³-hybridized carbons (Fsp3) is 0.818. The summed E-state index contributed by atoms with van der Waals surface area (Å²) in [4.78, 5) is 23.7. The summed E-state index contributed by atoms with van der Waals surface area (Å²) in [6, 6.07) is -0.126. The van der Waals surface area contributed by atoms with Crippen LogP contribution in [0.3, 0.4) is 0 Å². The molecule has 0 heterocycles. The number of urea groups is 1. The van der Waals surface area contributed by atoms with Gasteiger partial charge in [0.2, 0.25) is 0 Å². The molecule has 0 aliphatic heterocycles. The van der Waals surface area contributed by atoms with Gasteiger partial charge >= 0.3 is 12.0 Å². The van der Waals surface area contributed by atoms with Crippen molar-refractivity contribution in [2.45, 2.75) is 32.2 Å². The van der Waals surface area contributed by atoms with Crippen LogP contribution in [0.2, 0.25) is 0 Å². The average molecular weight is 245 g/mol. The molecule has 0 fully saturated rings. The number of hydrogen-bond acceptors (Lipinski definition) is 3. The van der Waals surface area contributed by atoms with Crippen LogP contribution in [0.4, 0.5) is 4.79 Å². The van der Waals surface area contributed by atoms with E-state index in [0.29, 0.717) is 13.0 Å². The third-order valence-electron chi connectivity index (χ3n) is 2.24. The third-order valence-corrected chi connectivity index (χ3v) is 2.24. The SMILES string of the molecule is CC(CCN(C)C)NC(=O)NCCCC(=O)O. The monoisotopic (exact) mass is 245 g/mol. The van der Waals surface area contributed by atoms with Crippen molar-refractivity contribution in [1.29, 1.82) is 0 Å². The fourth-order valence-corrected chi connectivity index (χ4v) is 1.24. The lowest BCUT2D eigenvalue weighted by Crippen LogP contribution is -2.42. The minimum Gasteiger partial charge on any atom is -0.481 e. The Balaban J connectivity index is 3.53. The van der Waals surface area contributed by atoms with E-state index in [1.165, 1.54) is 0 Å². The van der Waals surface area contributed by atoms with Crippen LogP contribution in [0.5, 0.6) is 0 Å². The van der Waals surface area contributed by atoms with Gasteiger partial charge in [0.1, 0.15) is 0 Å². The molecular formula is C11H23N3O3. The fourth-order valence-electron chi connectivity index (χ4n) is 1.24. The zero-order valence-electron chi connectivity index (χ0n) is 10.8. The maximum Gasteiger partial charge on any atom is 0.314 e. The van der Waals surface area contributed by atoms with Crippen molar-refractivity contribution in [3.8, 4) is 0 Å². The molecule has 0 aromatic rings. The van der Waals surface area contributed by atoms with Crippen LogP contribution in [0.1, 0.15) is 26.2 Å². The summed E-state index contributed by atoms with van der Waals surface area (Å²) in [7, 11) is 3.97. The van der Waals surface area contributed by atoms with E-state index in [2.05, 4.69) is 15.5 Å². The van der Waals surface area contributed by atoms with Gasteiger partial charge in [-0.15, -0.1) is 0 Å². The zero-order chi connectivity index (χ0) is 13.3. The molecule has 3 N–H and O–H groups in total. The van der Waals surface area contributed by atoms with Crippen molar-refractivity contribution in [1.82, 2.24) is 15.5 Å². The summed E-state index contributed by atoms with van der Waals surface area (Å²) in [6.45, 7) is 3.25. The molecule has 0 aromatic heterocycles. The molecule has 0 saturated heterocycles. The number of rotatable bonds is 8. The topological polar surface area (TPSA) is 81.7 Å². The van der Waals surface area contributed by atoms with Gasteiger partial charge in [-0.3, -0.25) is 4.79 Å². The predicted octanol–water partition coefficient (Wildman–Crippen LogP) is 0.491. The maximum absolute atomic E-state index is 11.4. The summed E-state index contributed by atoms with van der Waals surface area (Å²) in [5, 5.41) is 13.8. The van der Waals surface area contributed by atoms with Crippen molar-refractivity contribution in [2.24, 2.45) is 0 Å². The highest BCUT2D eigenvalue weighted by Gasteiger charge is 2.06. The van der Waals surface area contributed by atoms with E-state index in [9.17, 15) is 9.59 Å². The zero-order valence-corrected chi connectivity index (χ0v) is 10.8. The minimum absolute atomic E-state index is 0.0798. The second-order valence-corrected chi connectivity index (χ2v) is 4.39. The average Bonchev–Trinajstić information content (AvgIpc) is 2.21. The lowest BCUT2D eigenvalue weighted by molar-refractivity contribution is -0.137. The molecule has 100 valence electrons. The van der Waals surface area contributed by atoms with Crippen LogP contribution in [0, 0.1) is 0 Å². The Morgan fingerprint density at radius 1 is 1.35 bits per heavy atom. The van der Waals surface area contributed by atoms with E-state index >= 15 is 0 Å². The molecule has 2 amide bonds. The molecule has 0 rings (SSSR count). The van der Waals surface area contributed by atoms with Crippen molar-refractivity contribution in [2.75, 3.05) is 27.2 Å². The van der Waals surface area contributed by atoms with Gasteiger partial charge in [0, 0.05) is 19.0 Å². The van der Waals surface area contributed by atoms with Gasteiger partial charge in [-0.1, -0.05) is 0 Å². The lowest BCUT2D eigenvalue weighted by Gasteiger charge is -2.17. The molecule has 6 heteroatoms. The molecule has 0 bridgehead atoms.